The third kappa shape index (κ3) is 5.01. The molecule has 2 amide bonds. The summed E-state index contributed by atoms with van der Waals surface area (Å²) in [7, 11) is 0. The lowest BCUT2D eigenvalue weighted by Crippen LogP contribution is -2.32. The van der Waals surface area contributed by atoms with E-state index in [2.05, 4.69) is 20.9 Å². The predicted octanol–water partition coefficient (Wildman–Crippen LogP) is 3.07. The fraction of sp³-hybridized carbons (Fsp3) is 0.217. The van der Waals surface area contributed by atoms with Crippen molar-refractivity contribution in [1.29, 1.82) is 5.41 Å². The molecule has 1 aliphatic rings. The predicted molar refractivity (Wildman–Crippen MR) is 130 cm³/mol. The molecule has 34 heavy (non-hydrogen) atoms. The number of anilines is 2. The summed E-state index contributed by atoms with van der Waals surface area (Å²) in [5.74, 6) is 0.137. The third-order valence-corrected chi connectivity index (χ3v) is 5.72. The molecule has 0 aliphatic carbocycles. The Morgan fingerprint density at radius 1 is 1.24 bits per heavy atom. The molecule has 0 atom stereocenters. The largest absolute Gasteiger partial charge is 0.380 e. The zero-order valence-electron chi connectivity index (χ0n) is 18.1. The van der Waals surface area contributed by atoms with Crippen molar-refractivity contribution >= 4 is 35.4 Å². The molecule has 0 saturated carbocycles. The molecule has 9 nitrogen and oxygen atoms in total. The first-order valence-corrected chi connectivity index (χ1v) is 11.0. The summed E-state index contributed by atoms with van der Waals surface area (Å²) in [5, 5.41) is 16.9. The SMILES string of the molecule is N=Cc1c(NCc2ccccc2F)ccn(-c2cc(NCCN3CCNC3=O)ncc2Cl)c1=O. The van der Waals surface area contributed by atoms with Crippen LogP contribution >= 0.6 is 11.6 Å². The number of hydrogen-bond donors (Lipinski definition) is 4. The van der Waals surface area contributed by atoms with Crippen molar-refractivity contribution in [2.75, 3.05) is 36.8 Å². The number of hydrogen-bond acceptors (Lipinski definition) is 6. The second kappa shape index (κ2) is 10.3. The Morgan fingerprint density at radius 3 is 2.79 bits per heavy atom. The van der Waals surface area contributed by atoms with Gasteiger partial charge in [-0.25, -0.2) is 14.2 Å². The number of urea groups is 1. The number of pyridine rings is 2. The zero-order chi connectivity index (χ0) is 24.1. The highest BCUT2D eigenvalue weighted by molar-refractivity contribution is 6.32. The van der Waals surface area contributed by atoms with Gasteiger partial charge < -0.3 is 26.3 Å². The average Bonchev–Trinajstić information content (AvgIpc) is 3.24. The summed E-state index contributed by atoms with van der Waals surface area (Å²) < 4.78 is 15.2. The van der Waals surface area contributed by atoms with Crippen LogP contribution in [-0.2, 0) is 6.54 Å². The second-order valence-corrected chi connectivity index (χ2v) is 7.98. The molecule has 0 radical (unpaired) electrons. The zero-order valence-corrected chi connectivity index (χ0v) is 18.9. The molecular formula is C23H23ClFN7O2. The molecule has 1 aliphatic heterocycles. The molecule has 1 fully saturated rings. The van der Waals surface area contributed by atoms with Crippen LogP contribution < -0.4 is 21.5 Å². The van der Waals surface area contributed by atoms with E-state index in [4.69, 9.17) is 17.0 Å². The molecule has 11 heteroatoms. The van der Waals surface area contributed by atoms with Crippen LogP contribution in [0.4, 0.5) is 20.7 Å². The maximum atomic E-state index is 13.9. The van der Waals surface area contributed by atoms with Crippen LogP contribution in [-0.4, -0.2) is 52.9 Å². The van der Waals surface area contributed by atoms with Gasteiger partial charge in [0.1, 0.15) is 11.6 Å². The van der Waals surface area contributed by atoms with Gasteiger partial charge >= 0.3 is 6.03 Å². The number of amides is 2. The third-order valence-electron chi connectivity index (χ3n) is 5.43. The van der Waals surface area contributed by atoms with Gasteiger partial charge in [0.05, 0.1) is 28.2 Å². The first-order valence-electron chi connectivity index (χ1n) is 10.6. The van der Waals surface area contributed by atoms with E-state index in [1.165, 1.54) is 16.8 Å². The van der Waals surface area contributed by atoms with E-state index >= 15 is 0 Å². The van der Waals surface area contributed by atoms with Crippen LogP contribution in [0.15, 0.2) is 53.6 Å². The maximum Gasteiger partial charge on any atom is 0.317 e. The molecule has 0 bridgehead atoms. The van der Waals surface area contributed by atoms with Crippen LogP contribution in [0.2, 0.25) is 5.02 Å². The van der Waals surface area contributed by atoms with Crippen LogP contribution in [0.5, 0.6) is 0 Å². The minimum Gasteiger partial charge on any atom is -0.380 e. The fourth-order valence-electron chi connectivity index (χ4n) is 3.62. The summed E-state index contributed by atoms with van der Waals surface area (Å²) in [6, 6.07) is 9.52. The van der Waals surface area contributed by atoms with Gasteiger partial charge in [0, 0.05) is 56.8 Å². The van der Waals surface area contributed by atoms with Crippen molar-refractivity contribution in [2.45, 2.75) is 6.54 Å². The number of carbonyl (C=O) groups excluding carboxylic acids is 1. The Hall–Kier alpha value is -3.92. The first kappa shape index (κ1) is 23.2. The quantitative estimate of drug-likeness (QED) is 0.349. The number of halogens is 2. The maximum absolute atomic E-state index is 13.9. The molecule has 0 spiro atoms. The Kier molecular flexibility index (Phi) is 7.07. The van der Waals surface area contributed by atoms with Crippen molar-refractivity contribution in [1.82, 2.24) is 19.8 Å². The molecule has 0 unspecified atom stereocenters. The van der Waals surface area contributed by atoms with Gasteiger partial charge in [-0.15, -0.1) is 0 Å². The highest BCUT2D eigenvalue weighted by Crippen LogP contribution is 2.22. The summed E-state index contributed by atoms with van der Waals surface area (Å²) >= 11 is 6.33. The van der Waals surface area contributed by atoms with E-state index in [1.807, 2.05) is 0 Å². The van der Waals surface area contributed by atoms with Gasteiger partial charge in [-0.3, -0.25) is 9.36 Å². The lowest BCUT2D eigenvalue weighted by Gasteiger charge is -2.16. The van der Waals surface area contributed by atoms with Crippen LogP contribution in [0.1, 0.15) is 11.1 Å². The minimum atomic E-state index is -0.457. The first-order chi connectivity index (χ1) is 16.5. The molecule has 1 aromatic carbocycles. The molecule has 2 aromatic heterocycles. The van der Waals surface area contributed by atoms with Gasteiger partial charge in [-0.2, -0.15) is 0 Å². The Bertz CT molecular complexity index is 1280. The number of aromatic nitrogens is 2. The summed E-state index contributed by atoms with van der Waals surface area (Å²) in [6.07, 6.45) is 3.93. The molecular weight excluding hydrogens is 461 g/mol. The number of benzene rings is 1. The highest BCUT2D eigenvalue weighted by Gasteiger charge is 2.18. The van der Waals surface area contributed by atoms with Crippen LogP contribution in [0.3, 0.4) is 0 Å². The average molecular weight is 484 g/mol. The number of carbonyl (C=O) groups is 1. The van der Waals surface area contributed by atoms with Crippen molar-refractivity contribution < 1.29 is 9.18 Å². The monoisotopic (exact) mass is 483 g/mol. The summed E-state index contributed by atoms with van der Waals surface area (Å²) in [6.45, 7) is 2.42. The van der Waals surface area contributed by atoms with Crippen molar-refractivity contribution in [3.05, 3.63) is 81.1 Å². The molecule has 176 valence electrons. The lowest BCUT2D eigenvalue weighted by molar-refractivity contribution is 0.219. The van der Waals surface area contributed by atoms with E-state index in [0.717, 1.165) is 6.21 Å². The minimum absolute atomic E-state index is 0.0963. The molecule has 4 N–H and O–H groups in total. The second-order valence-electron chi connectivity index (χ2n) is 7.57. The Balaban J connectivity index is 1.53. The lowest BCUT2D eigenvalue weighted by atomic mass is 10.2. The summed E-state index contributed by atoms with van der Waals surface area (Å²) in [4.78, 5) is 30.7. The van der Waals surface area contributed by atoms with E-state index in [9.17, 15) is 14.0 Å². The normalized spacial score (nSPS) is 13.0. The molecule has 1 saturated heterocycles. The van der Waals surface area contributed by atoms with Gasteiger partial charge in [-0.1, -0.05) is 29.8 Å². The molecule has 3 heterocycles. The number of rotatable bonds is 9. The Labute approximate surface area is 200 Å². The van der Waals surface area contributed by atoms with Gasteiger partial charge in [0.2, 0.25) is 0 Å². The van der Waals surface area contributed by atoms with E-state index in [1.54, 1.807) is 41.4 Å². The fourth-order valence-corrected chi connectivity index (χ4v) is 3.81. The molecule has 4 rings (SSSR count). The van der Waals surface area contributed by atoms with E-state index in [-0.39, 0.29) is 29.0 Å². The van der Waals surface area contributed by atoms with Crippen molar-refractivity contribution in [3.63, 3.8) is 0 Å². The van der Waals surface area contributed by atoms with Gasteiger partial charge in [0.15, 0.2) is 0 Å². The van der Waals surface area contributed by atoms with Crippen LogP contribution in [0, 0.1) is 11.2 Å². The van der Waals surface area contributed by atoms with E-state index in [0.29, 0.717) is 48.9 Å². The van der Waals surface area contributed by atoms with Crippen molar-refractivity contribution in [3.8, 4) is 5.69 Å². The van der Waals surface area contributed by atoms with E-state index < -0.39 is 5.56 Å². The van der Waals surface area contributed by atoms with Crippen molar-refractivity contribution in [2.24, 2.45) is 0 Å². The standard InChI is InChI=1S/C23H23ClFN7O2/c24-17-14-30-21(27-6-9-31-10-7-28-23(31)34)11-20(17)32-8-5-19(16(12-26)22(32)33)29-13-15-3-1-2-4-18(15)25/h1-5,8,11-12,14,26,29H,6-7,9-10,13H2,(H,27,30)(H,28,34). The van der Waals surface area contributed by atoms with Gasteiger partial charge in [-0.05, 0) is 12.1 Å². The highest BCUT2D eigenvalue weighted by atomic mass is 35.5. The number of nitrogens with zero attached hydrogens (tertiary/aromatic N) is 3. The smallest absolute Gasteiger partial charge is 0.317 e. The van der Waals surface area contributed by atoms with Crippen LogP contribution in [0.25, 0.3) is 5.69 Å². The van der Waals surface area contributed by atoms with Gasteiger partial charge in [0.25, 0.3) is 5.56 Å². The Morgan fingerprint density at radius 2 is 2.06 bits per heavy atom. The molecule has 3 aromatic rings. The summed E-state index contributed by atoms with van der Waals surface area (Å²) in [5.41, 5.74) is 0.906. The topological polar surface area (TPSA) is 115 Å². The number of nitrogens with one attached hydrogen (secondary N) is 4.